The third kappa shape index (κ3) is 3.97. The summed E-state index contributed by atoms with van der Waals surface area (Å²) in [4.78, 5) is 5.81. The lowest BCUT2D eigenvalue weighted by atomic mass is 10.1. The molecule has 4 rings (SSSR count). The summed E-state index contributed by atoms with van der Waals surface area (Å²) in [5.41, 5.74) is 3.74. The lowest BCUT2D eigenvalue weighted by Crippen LogP contribution is -2.16. The predicted octanol–water partition coefficient (Wildman–Crippen LogP) is 6.07. The number of unbranched alkanes of at least 4 members (excludes halogenated alkanes) is 1. The van der Waals surface area contributed by atoms with Crippen LogP contribution in [0.1, 0.15) is 36.4 Å². The molecule has 0 saturated heterocycles. The molecule has 27 heavy (non-hydrogen) atoms. The maximum atomic E-state index is 6.31. The van der Waals surface area contributed by atoms with Gasteiger partial charge in [0.25, 0.3) is 0 Å². The van der Waals surface area contributed by atoms with Gasteiger partial charge < -0.3 is 10.1 Å². The van der Waals surface area contributed by atoms with Crippen molar-refractivity contribution in [2.24, 2.45) is 0 Å². The first-order valence-corrected chi connectivity index (χ1v) is 11.5. The molecule has 0 fully saturated rings. The van der Waals surface area contributed by atoms with Crippen molar-refractivity contribution < 1.29 is 4.74 Å². The van der Waals surface area contributed by atoms with Crippen LogP contribution in [0, 0.1) is 6.92 Å². The zero-order chi connectivity index (χ0) is 18.8. The predicted molar refractivity (Wildman–Crippen MR) is 115 cm³/mol. The van der Waals surface area contributed by atoms with Crippen LogP contribution in [0.4, 0.5) is 5.69 Å². The Kier molecular flexibility index (Phi) is 5.66. The smallest absolute Gasteiger partial charge is 0.247 e. The third-order valence-corrected chi connectivity index (χ3v) is 6.74. The maximum Gasteiger partial charge on any atom is 0.247 e. The second-order valence-electron chi connectivity index (χ2n) is 6.25. The maximum absolute atomic E-state index is 6.31. The van der Waals surface area contributed by atoms with Gasteiger partial charge in [-0.15, -0.1) is 21.5 Å². The van der Waals surface area contributed by atoms with Crippen molar-refractivity contribution in [3.8, 4) is 17.1 Å². The van der Waals surface area contributed by atoms with Crippen LogP contribution in [-0.2, 0) is 0 Å². The molecule has 0 saturated carbocycles. The van der Waals surface area contributed by atoms with Crippen LogP contribution < -0.4 is 10.1 Å². The summed E-state index contributed by atoms with van der Waals surface area (Å²) in [6, 6.07) is 8.16. The number of hydrogen-bond donors (Lipinski definition) is 1. The highest BCUT2D eigenvalue weighted by Crippen LogP contribution is 2.42. The van der Waals surface area contributed by atoms with Crippen molar-refractivity contribution in [2.45, 2.75) is 38.1 Å². The van der Waals surface area contributed by atoms with E-state index in [1.54, 1.807) is 23.1 Å². The van der Waals surface area contributed by atoms with E-state index in [9.17, 15) is 0 Å². The summed E-state index contributed by atoms with van der Waals surface area (Å²) in [6.45, 7) is 4.27. The lowest BCUT2D eigenvalue weighted by Gasteiger charge is -2.18. The van der Waals surface area contributed by atoms with Crippen LogP contribution >= 0.6 is 39.0 Å². The average molecular weight is 463 g/mol. The molecule has 1 N–H and O–H groups in total. The zero-order valence-corrected chi connectivity index (χ0v) is 18.2. The minimum Gasteiger partial charge on any atom is -0.447 e. The lowest BCUT2D eigenvalue weighted by molar-refractivity contribution is 0.228. The van der Waals surface area contributed by atoms with Crippen LogP contribution in [0.15, 0.2) is 39.3 Å². The minimum absolute atomic E-state index is 0.309. The molecule has 1 aromatic carbocycles. The van der Waals surface area contributed by atoms with Crippen molar-refractivity contribution >= 4 is 44.7 Å². The number of nitrogens with one attached hydrogen (secondary N) is 1. The Labute approximate surface area is 175 Å². The highest BCUT2D eigenvalue weighted by atomic mass is 79.9. The van der Waals surface area contributed by atoms with Crippen LogP contribution in [-0.4, -0.2) is 20.9 Å². The fraction of sp³-hybridized carbons (Fsp3) is 0.316. The van der Waals surface area contributed by atoms with Crippen LogP contribution in [0.3, 0.4) is 0 Å². The molecule has 8 heteroatoms. The number of hydrogen-bond acceptors (Lipinski definition) is 7. The Morgan fingerprint density at radius 3 is 2.96 bits per heavy atom. The minimum atomic E-state index is -0.309. The molecular weight excluding hydrogens is 444 g/mol. The van der Waals surface area contributed by atoms with Gasteiger partial charge in [0.15, 0.2) is 5.69 Å². The summed E-state index contributed by atoms with van der Waals surface area (Å²) in [5, 5.41) is 15.0. The van der Waals surface area contributed by atoms with Gasteiger partial charge in [-0.2, -0.15) is 4.98 Å². The summed E-state index contributed by atoms with van der Waals surface area (Å²) >= 11 is 6.84. The fourth-order valence-electron chi connectivity index (χ4n) is 2.81. The molecule has 2 aromatic heterocycles. The molecule has 0 spiro atoms. The van der Waals surface area contributed by atoms with E-state index in [-0.39, 0.29) is 6.23 Å². The SMILES string of the molecule is CCCCSc1nnc2c(n1)OC(c1sccc1C)Nc1ccc(Br)cc1-2. The van der Waals surface area contributed by atoms with Crippen molar-refractivity contribution in [3.63, 3.8) is 0 Å². The summed E-state index contributed by atoms with van der Waals surface area (Å²) in [7, 11) is 0. The standard InChI is InChI=1S/C19H19BrN4OS2/c1-3-4-8-27-19-22-17-15(23-24-19)13-10-12(20)5-6-14(13)21-18(25-17)16-11(2)7-9-26-16/h5-7,9-10,18,21H,3-4,8H2,1-2H3. The van der Waals surface area contributed by atoms with E-state index in [1.807, 2.05) is 18.2 Å². The molecule has 0 bridgehead atoms. The van der Waals surface area contributed by atoms with Gasteiger partial charge >= 0.3 is 0 Å². The summed E-state index contributed by atoms with van der Waals surface area (Å²) < 4.78 is 7.28. The zero-order valence-electron chi connectivity index (χ0n) is 15.0. The molecule has 1 aliphatic heterocycles. The van der Waals surface area contributed by atoms with Crippen molar-refractivity contribution in [1.29, 1.82) is 0 Å². The molecule has 1 aliphatic rings. The number of anilines is 1. The quantitative estimate of drug-likeness (QED) is 0.366. The summed E-state index contributed by atoms with van der Waals surface area (Å²) in [6.07, 6.45) is 1.96. The topological polar surface area (TPSA) is 59.9 Å². The van der Waals surface area contributed by atoms with E-state index >= 15 is 0 Å². The number of thioether (sulfide) groups is 1. The van der Waals surface area contributed by atoms with Crippen molar-refractivity contribution in [1.82, 2.24) is 15.2 Å². The number of nitrogens with zero attached hydrogens (tertiary/aromatic N) is 3. The number of aromatic nitrogens is 3. The van der Waals surface area contributed by atoms with Gasteiger partial charge in [-0.1, -0.05) is 41.0 Å². The number of thiophene rings is 1. The monoisotopic (exact) mass is 462 g/mol. The number of halogens is 1. The van der Waals surface area contributed by atoms with Gasteiger partial charge in [0.05, 0.1) is 4.88 Å². The number of ether oxygens (including phenoxy) is 1. The van der Waals surface area contributed by atoms with Crippen molar-refractivity contribution in [2.75, 3.05) is 11.1 Å². The van der Waals surface area contributed by atoms with Crippen molar-refractivity contribution in [3.05, 3.63) is 44.6 Å². The van der Waals surface area contributed by atoms with E-state index in [0.717, 1.165) is 39.2 Å². The third-order valence-electron chi connectivity index (χ3n) is 4.26. The van der Waals surface area contributed by atoms with Gasteiger partial charge in [-0.3, -0.25) is 0 Å². The second-order valence-corrected chi connectivity index (χ2v) is 9.18. The first-order chi connectivity index (χ1) is 13.2. The van der Waals surface area contributed by atoms with E-state index in [0.29, 0.717) is 16.7 Å². The Morgan fingerprint density at radius 2 is 2.19 bits per heavy atom. The van der Waals surface area contributed by atoms with Crippen LogP contribution in [0.25, 0.3) is 11.3 Å². The number of benzene rings is 1. The Morgan fingerprint density at radius 1 is 1.30 bits per heavy atom. The van der Waals surface area contributed by atoms with Gasteiger partial charge in [0.2, 0.25) is 17.3 Å². The second kappa shape index (κ2) is 8.16. The normalized spacial score (nSPS) is 15.3. The molecule has 140 valence electrons. The van der Waals surface area contributed by atoms with Gasteiger partial charge in [-0.05, 0) is 48.6 Å². The van der Waals surface area contributed by atoms with E-state index in [4.69, 9.17) is 4.74 Å². The van der Waals surface area contributed by atoms with Crippen LogP contribution in [0.5, 0.6) is 5.88 Å². The van der Waals surface area contributed by atoms with E-state index in [2.05, 4.69) is 61.7 Å². The highest BCUT2D eigenvalue weighted by molar-refractivity contribution is 9.10. The summed E-state index contributed by atoms with van der Waals surface area (Å²) in [5.74, 6) is 1.50. The Hall–Kier alpha value is -1.64. The van der Waals surface area contributed by atoms with E-state index in [1.165, 1.54) is 5.56 Å². The molecular formula is C19H19BrN4OS2. The molecule has 1 atom stereocenters. The van der Waals surface area contributed by atoms with Gasteiger partial charge in [0, 0.05) is 21.5 Å². The molecule has 3 aromatic rings. The Balaban J connectivity index is 1.77. The average Bonchev–Trinajstić information content (AvgIpc) is 3.02. The molecule has 0 amide bonds. The number of aryl methyl sites for hydroxylation is 1. The number of rotatable bonds is 5. The molecule has 0 radical (unpaired) electrons. The Bertz CT molecular complexity index is 963. The van der Waals surface area contributed by atoms with Crippen LogP contribution in [0.2, 0.25) is 0 Å². The number of fused-ring (bicyclic) bond motifs is 3. The highest BCUT2D eigenvalue weighted by Gasteiger charge is 2.27. The molecule has 3 heterocycles. The molecule has 5 nitrogen and oxygen atoms in total. The largest absolute Gasteiger partial charge is 0.447 e. The van der Waals surface area contributed by atoms with E-state index < -0.39 is 0 Å². The first kappa shape index (κ1) is 18.7. The van der Waals surface area contributed by atoms with Gasteiger partial charge in [0.1, 0.15) is 0 Å². The molecule has 0 aliphatic carbocycles. The van der Waals surface area contributed by atoms with Gasteiger partial charge in [-0.25, -0.2) is 0 Å². The fourth-order valence-corrected chi connectivity index (χ4v) is 4.94. The molecule has 1 unspecified atom stereocenters. The first-order valence-electron chi connectivity index (χ1n) is 8.80.